The number of rotatable bonds is 9. The predicted octanol–water partition coefficient (Wildman–Crippen LogP) is 5.69. The third-order valence-corrected chi connectivity index (χ3v) is 6.17. The molecule has 0 aliphatic heterocycles. The number of carbonyl (C=O) groups excluding carboxylic acids is 2. The lowest BCUT2D eigenvalue weighted by molar-refractivity contribution is -0.147. The Balaban J connectivity index is 1.36. The second kappa shape index (κ2) is 11.1. The maximum absolute atomic E-state index is 12.8. The van der Waals surface area contributed by atoms with Gasteiger partial charge in [0.05, 0.1) is 7.11 Å². The molecule has 3 aromatic carbocycles. The molecule has 0 bridgehead atoms. The maximum Gasteiger partial charge on any atom is 0.407 e. The molecule has 182 valence electrons. The molecule has 0 aromatic heterocycles. The van der Waals surface area contributed by atoms with Gasteiger partial charge in [-0.25, -0.2) is 9.59 Å². The van der Waals surface area contributed by atoms with E-state index in [9.17, 15) is 9.59 Å². The minimum Gasteiger partial charge on any atom is -0.497 e. The molecule has 0 fully saturated rings. The van der Waals surface area contributed by atoms with Crippen molar-refractivity contribution in [1.29, 1.82) is 0 Å². The highest BCUT2D eigenvalue weighted by Gasteiger charge is 2.30. The lowest BCUT2D eigenvalue weighted by Crippen LogP contribution is -2.43. The first-order valence-corrected chi connectivity index (χ1v) is 11.9. The van der Waals surface area contributed by atoms with Crippen LogP contribution in [0, 0.1) is 5.92 Å². The van der Waals surface area contributed by atoms with E-state index in [4.69, 9.17) is 14.2 Å². The SMILES string of the molecule is COc1ccc(COC(=O)[C@@H](CC(C)C)NC(=O)OCC2c3ccccc3-c3ccccc32)cc1. The normalized spacial score (nSPS) is 13.0. The number of carbonyl (C=O) groups is 2. The maximum atomic E-state index is 12.8. The Morgan fingerprint density at radius 1 is 0.857 bits per heavy atom. The van der Waals surface area contributed by atoms with Gasteiger partial charge in [0, 0.05) is 5.92 Å². The van der Waals surface area contributed by atoms with Gasteiger partial charge in [0.1, 0.15) is 25.0 Å². The van der Waals surface area contributed by atoms with Crippen molar-refractivity contribution in [3.05, 3.63) is 89.5 Å². The van der Waals surface area contributed by atoms with E-state index in [1.54, 1.807) is 7.11 Å². The second-order valence-corrected chi connectivity index (χ2v) is 9.11. The van der Waals surface area contributed by atoms with E-state index in [-0.39, 0.29) is 25.0 Å². The number of hydrogen-bond acceptors (Lipinski definition) is 5. The van der Waals surface area contributed by atoms with Crippen molar-refractivity contribution >= 4 is 12.1 Å². The first-order chi connectivity index (χ1) is 17.0. The Morgan fingerprint density at radius 3 is 2.03 bits per heavy atom. The summed E-state index contributed by atoms with van der Waals surface area (Å²) in [5, 5.41) is 2.72. The molecule has 0 heterocycles. The van der Waals surface area contributed by atoms with Gasteiger partial charge in [0.2, 0.25) is 0 Å². The zero-order valence-corrected chi connectivity index (χ0v) is 20.3. The van der Waals surface area contributed by atoms with Crippen LogP contribution in [-0.4, -0.2) is 31.8 Å². The van der Waals surface area contributed by atoms with E-state index >= 15 is 0 Å². The number of esters is 1. The summed E-state index contributed by atoms with van der Waals surface area (Å²) in [4.78, 5) is 25.5. The summed E-state index contributed by atoms with van der Waals surface area (Å²) >= 11 is 0. The Labute approximate surface area is 206 Å². The predicted molar refractivity (Wildman–Crippen MR) is 134 cm³/mol. The average Bonchev–Trinajstić information content (AvgIpc) is 3.19. The highest BCUT2D eigenvalue weighted by Crippen LogP contribution is 2.44. The van der Waals surface area contributed by atoms with Crippen LogP contribution in [0.4, 0.5) is 4.79 Å². The number of alkyl carbamates (subject to hydrolysis) is 1. The van der Waals surface area contributed by atoms with Gasteiger partial charge in [0.15, 0.2) is 0 Å². The van der Waals surface area contributed by atoms with Gasteiger partial charge in [-0.05, 0) is 52.3 Å². The molecule has 0 saturated carbocycles. The molecule has 1 amide bonds. The quantitative estimate of drug-likeness (QED) is 0.404. The summed E-state index contributed by atoms with van der Waals surface area (Å²) in [6.07, 6.45) is -0.176. The van der Waals surface area contributed by atoms with E-state index in [0.717, 1.165) is 33.6 Å². The summed E-state index contributed by atoms with van der Waals surface area (Å²) < 4.78 is 16.3. The van der Waals surface area contributed by atoms with Gasteiger partial charge < -0.3 is 19.5 Å². The summed E-state index contributed by atoms with van der Waals surface area (Å²) in [7, 11) is 1.60. The van der Waals surface area contributed by atoms with Crippen LogP contribution in [0.2, 0.25) is 0 Å². The number of methoxy groups -OCH3 is 1. The second-order valence-electron chi connectivity index (χ2n) is 9.11. The molecule has 35 heavy (non-hydrogen) atoms. The molecule has 0 unspecified atom stereocenters. The van der Waals surface area contributed by atoms with E-state index in [0.29, 0.717) is 6.42 Å². The highest BCUT2D eigenvalue weighted by molar-refractivity contribution is 5.82. The van der Waals surface area contributed by atoms with Crippen molar-refractivity contribution in [3.63, 3.8) is 0 Å². The molecule has 1 atom stereocenters. The Morgan fingerprint density at radius 2 is 1.46 bits per heavy atom. The molecule has 6 heteroatoms. The van der Waals surface area contributed by atoms with Crippen molar-refractivity contribution in [2.75, 3.05) is 13.7 Å². The number of amides is 1. The summed E-state index contributed by atoms with van der Waals surface area (Å²) in [6.45, 7) is 4.28. The number of hydrogen-bond donors (Lipinski definition) is 1. The summed E-state index contributed by atoms with van der Waals surface area (Å²) in [6, 6.07) is 22.8. The van der Waals surface area contributed by atoms with Crippen LogP contribution >= 0.6 is 0 Å². The molecule has 0 saturated heterocycles. The zero-order chi connectivity index (χ0) is 24.8. The standard InChI is InChI=1S/C29H31NO5/c1-19(2)16-27(28(31)34-17-20-12-14-21(33-3)15-13-20)30-29(32)35-18-26-24-10-6-4-8-22(24)23-9-5-7-11-25(23)26/h4-15,19,26-27H,16-18H2,1-3H3,(H,30,32)/t27-/m1/s1. The van der Waals surface area contributed by atoms with Crippen molar-refractivity contribution in [2.45, 2.75) is 38.8 Å². The van der Waals surface area contributed by atoms with E-state index in [1.165, 1.54) is 0 Å². The number of ether oxygens (including phenoxy) is 3. The van der Waals surface area contributed by atoms with Crippen LogP contribution in [-0.2, 0) is 20.9 Å². The van der Waals surface area contributed by atoms with Crippen LogP contribution in [0.5, 0.6) is 5.75 Å². The largest absolute Gasteiger partial charge is 0.497 e. The van der Waals surface area contributed by atoms with Crippen LogP contribution in [0.1, 0.15) is 42.9 Å². The van der Waals surface area contributed by atoms with Crippen LogP contribution in [0.25, 0.3) is 11.1 Å². The molecule has 4 rings (SSSR count). The minimum atomic E-state index is -0.788. The lowest BCUT2D eigenvalue weighted by Gasteiger charge is -2.20. The molecule has 0 spiro atoms. The number of benzene rings is 3. The van der Waals surface area contributed by atoms with Crippen LogP contribution in [0.3, 0.4) is 0 Å². The fourth-order valence-electron chi connectivity index (χ4n) is 4.44. The van der Waals surface area contributed by atoms with E-state index in [2.05, 4.69) is 29.6 Å². The Hall–Kier alpha value is -3.80. The molecule has 1 N–H and O–H groups in total. The van der Waals surface area contributed by atoms with Gasteiger partial charge in [0.25, 0.3) is 0 Å². The van der Waals surface area contributed by atoms with Crippen molar-refractivity contribution in [1.82, 2.24) is 5.32 Å². The van der Waals surface area contributed by atoms with Crippen LogP contribution < -0.4 is 10.1 Å². The molecular formula is C29H31NO5. The third kappa shape index (κ3) is 5.83. The van der Waals surface area contributed by atoms with Gasteiger partial charge in [-0.3, -0.25) is 0 Å². The van der Waals surface area contributed by atoms with Crippen LogP contribution in [0.15, 0.2) is 72.8 Å². The third-order valence-electron chi connectivity index (χ3n) is 6.17. The average molecular weight is 474 g/mol. The van der Waals surface area contributed by atoms with E-state index < -0.39 is 18.1 Å². The van der Waals surface area contributed by atoms with E-state index in [1.807, 2.05) is 62.4 Å². The fourth-order valence-corrected chi connectivity index (χ4v) is 4.44. The molecule has 6 nitrogen and oxygen atoms in total. The topological polar surface area (TPSA) is 73.9 Å². The van der Waals surface area contributed by atoms with Gasteiger partial charge in [-0.2, -0.15) is 0 Å². The number of fused-ring (bicyclic) bond motifs is 3. The monoisotopic (exact) mass is 473 g/mol. The first kappa shape index (κ1) is 24.3. The molecule has 1 aliphatic rings. The lowest BCUT2D eigenvalue weighted by atomic mass is 9.98. The smallest absolute Gasteiger partial charge is 0.407 e. The molecule has 1 aliphatic carbocycles. The molecule has 3 aromatic rings. The molecular weight excluding hydrogens is 442 g/mol. The van der Waals surface area contributed by atoms with Crippen molar-refractivity contribution < 1.29 is 23.8 Å². The fraction of sp³-hybridized carbons (Fsp3) is 0.310. The summed E-state index contributed by atoms with van der Waals surface area (Å²) in [5.41, 5.74) is 5.44. The first-order valence-electron chi connectivity index (χ1n) is 11.9. The van der Waals surface area contributed by atoms with Gasteiger partial charge in [-0.15, -0.1) is 0 Å². The Kier molecular flexibility index (Phi) is 7.70. The van der Waals surface area contributed by atoms with Gasteiger partial charge >= 0.3 is 12.1 Å². The van der Waals surface area contributed by atoms with Crippen molar-refractivity contribution in [2.24, 2.45) is 5.92 Å². The molecule has 0 radical (unpaired) electrons. The summed E-state index contributed by atoms with van der Waals surface area (Å²) in [5.74, 6) is 0.388. The highest BCUT2D eigenvalue weighted by atomic mass is 16.6. The van der Waals surface area contributed by atoms with Gasteiger partial charge in [-0.1, -0.05) is 74.5 Å². The Bertz CT molecular complexity index is 1130. The minimum absolute atomic E-state index is 0.0428. The zero-order valence-electron chi connectivity index (χ0n) is 20.3. The number of nitrogens with one attached hydrogen (secondary N) is 1. The van der Waals surface area contributed by atoms with Crippen molar-refractivity contribution in [3.8, 4) is 16.9 Å².